The summed E-state index contributed by atoms with van der Waals surface area (Å²) in [4.78, 5) is 0. The molecule has 0 saturated heterocycles. The van der Waals surface area contributed by atoms with Gasteiger partial charge in [-0.15, -0.1) is 0 Å². The Labute approximate surface area is 94.3 Å². The van der Waals surface area contributed by atoms with Gasteiger partial charge in [-0.05, 0) is 12.8 Å². The van der Waals surface area contributed by atoms with Gasteiger partial charge in [-0.2, -0.15) is 0 Å². The number of rotatable bonds is 1. The van der Waals surface area contributed by atoms with Crippen LogP contribution in [0.3, 0.4) is 0 Å². The van der Waals surface area contributed by atoms with E-state index in [1.165, 1.54) is 12.1 Å². The Balaban J connectivity index is 2.46. The minimum Gasteiger partial charge on any atom is -0.508 e. The third-order valence-electron chi connectivity index (χ3n) is 3.33. The second kappa shape index (κ2) is 3.87. The van der Waals surface area contributed by atoms with E-state index in [0.29, 0.717) is 5.56 Å². The number of benzene rings is 1. The van der Waals surface area contributed by atoms with Crippen molar-refractivity contribution in [3.8, 4) is 17.2 Å². The fourth-order valence-corrected chi connectivity index (χ4v) is 2.54. The van der Waals surface area contributed by atoms with Crippen molar-refractivity contribution in [2.45, 2.75) is 37.6 Å². The molecule has 1 fully saturated rings. The van der Waals surface area contributed by atoms with Gasteiger partial charge in [0.05, 0.1) is 5.56 Å². The standard InChI is InChI=1S/C12H17NO3/c13-12(4-2-1-3-5-12)11-9(15)6-8(14)7-10(11)16/h6-7,14-16H,1-5,13H2. The van der Waals surface area contributed by atoms with Crippen molar-refractivity contribution in [1.29, 1.82) is 0 Å². The van der Waals surface area contributed by atoms with E-state index >= 15 is 0 Å². The van der Waals surface area contributed by atoms with E-state index in [0.717, 1.165) is 32.1 Å². The molecule has 1 aromatic rings. The molecule has 4 nitrogen and oxygen atoms in total. The Bertz CT molecular complexity index is 374. The van der Waals surface area contributed by atoms with Crippen molar-refractivity contribution < 1.29 is 15.3 Å². The molecular weight excluding hydrogens is 206 g/mol. The zero-order valence-corrected chi connectivity index (χ0v) is 9.11. The second-order valence-corrected chi connectivity index (χ2v) is 4.58. The van der Waals surface area contributed by atoms with Crippen LogP contribution in [-0.4, -0.2) is 15.3 Å². The predicted molar refractivity (Wildman–Crippen MR) is 60.4 cm³/mol. The molecule has 0 spiro atoms. The molecule has 0 unspecified atom stereocenters. The number of hydrogen-bond donors (Lipinski definition) is 4. The first-order valence-corrected chi connectivity index (χ1v) is 5.57. The molecule has 88 valence electrons. The Morgan fingerprint density at radius 1 is 0.938 bits per heavy atom. The number of aromatic hydroxyl groups is 3. The summed E-state index contributed by atoms with van der Waals surface area (Å²) in [6, 6.07) is 2.44. The fraction of sp³-hybridized carbons (Fsp3) is 0.500. The zero-order valence-electron chi connectivity index (χ0n) is 9.11. The van der Waals surface area contributed by atoms with Crippen LogP contribution >= 0.6 is 0 Å². The number of phenols is 3. The minimum atomic E-state index is -0.667. The lowest BCUT2D eigenvalue weighted by molar-refractivity contribution is 0.280. The predicted octanol–water partition coefficient (Wildman–Crippen LogP) is 1.92. The first kappa shape index (κ1) is 11.1. The molecule has 5 N–H and O–H groups in total. The topological polar surface area (TPSA) is 86.7 Å². The van der Waals surface area contributed by atoms with E-state index < -0.39 is 5.54 Å². The summed E-state index contributed by atoms with van der Waals surface area (Å²) < 4.78 is 0. The highest BCUT2D eigenvalue weighted by atomic mass is 16.3. The van der Waals surface area contributed by atoms with Crippen LogP contribution in [0.15, 0.2) is 12.1 Å². The number of hydrogen-bond acceptors (Lipinski definition) is 4. The van der Waals surface area contributed by atoms with Crippen LogP contribution in [0, 0.1) is 0 Å². The van der Waals surface area contributed by atoms with Crippen molar-refractivity contribution in [2.24, 2.45) is 5.73 Å². The molecule has 0 amide bonds. The third kappa shape index (κ3) is 1.80. The molecule has 16 heavy (non-hydrogen) atoms. The molecule has 1 aliphatic carbocycles. The van der Waals surface area contributed by atoms with E-state index in [4.69, 9.17) is 5.73 Å². The average molecular weight is 223 g/mol. The highest BCUT2D eigenvalue weighted by Gasteiger charge is 2.34. The highest BCUT2D eigenvalue weighted by molar-refractivity contribution is 5.52. The molecule has 0 heterocycles. The van der Waals surface area contributed by atoms with Gasteiger partial charge in [-0.25, -0.2) is 0 Å². The molecule has 4 heteroatoms. The first-order chi connectivity index (χ1) is 7.53. The molecule has 2 rings (SSSR count). The van der Waals surface area contributed by atoms with Crippen LogP contribution in [0.2, 0.25) is 0 Å². The van der Waals surface area contributed by atoms with Crippen molar-refractivity contribution in [2.75, 3.05) is 0 Å². The Kier molecular flexibility index (Phi) is 2.68. The van der Waals surface area contributed by atoms with Crippen molar-refractivity contribution >= 4 is 0 Å². The average Bonchev–Trinajstić information content (AvgIpc) is 2.16. The quantitative estimate of drug-likeness (QED) is 0.586. The lowest BCUT2D eigenvalue weighted by Crippen LogP contribution is -2.38. The van der Waals surface area contributed by atoms with E-state index in [-0.39, 0.29) is 17.2 Å². The summed E-state index contributed by atoms with van der Waals surface area (Å²) in [5, 5.41) is 28.8. The fourth-order valence-electron chi connectivity index (χ4n) is 2.54. The third-order valence-corrected chi connectivity index (χ3v) is 3.33. The van der Waals surface area contributed by atoms with Gasteiger partial charge < -0.3 is 21.1 Å². The van der Waals surface area contributed by atoms with Crippen LogP contribution in [0.25, 0.3) is 0 Å². The molecule has 0 aromatic heterocycles. The van der Waals surface area contributed by atoms with Gasteiger partial charge in [0.25, 0.3) is 0 Å². The van der Waals surface area contributed by atoms with Crippen molar-refractivity contribution in [3.05, 3.63) is 17.7 Å². The van der Waals surface area contributed by atoms with Gasteiger partial charge in [0, 0.05) is 17.7 Å². The van der Waals surface area contributed by atoms with Gasteiger partial charge in [-0.3, -0.25) is 0 Å². The zero-order chi connectivity index (χ0) is 11.8. The maximum absolute atomic E-state index is 9.79. The van der Waals surface area contributed by atoms with Gasteiger partial charge in [0.1, 0.15) is 17.2 Å². The molecule has 0 bridgehead atoms. The monoisotopic (exact) mass is 223 g/mol. The second-order valence-electron chi connectivity index (χ2n) is 4.58. The molecular formula is C12H17NO3. The van der Waals surface area contributed by atoms with E-state index in [9.17, 15) is 15.3 Å². The Morgan fingerprint density at radius 3 is 1.94 bits per heavy atom. The lowest BCUT2D eigenvalue weighted by Gasteiger charge is -2.34. The Morgan fingerprint density at radius 2 is 1.44 bits per heavy atom. The van der Waals surface area contributed by atoms with Gasteiger partial charge in [0.15, 0.2) is 0 Å². The van der Waals surface area contributed by atoms with E-state index in [1.807, 2.05) is 0 Å². The van der Waals surface area contributed by atoms with Crippen LogP contribution in [0.5, 0.6) is 17.2 Å². The molecule has 0 radical (unpaired) electrons. The smallest absolute Gasteiger partial charge is 0.128 e. The molecule has 1 aliphatic rings. The summed E-state index contributed by atoms with van der Waals surface area (Å²) in [5.41, 5.74) is 5.93. The maximum Gasteiger partial charge on any atom is 0.128 e. The van der Waals surface area contributed by atoms with Crippen LogP contribution < -0.4 is 5.73 Å². The summed E-state index contributed by atoms with van der Waals surface area (Å²) in [6.07, 6.45) is 4.63. The van der Waals surface area contributed by atoms with Crippen LogP contribution in [-0.2, 0) is 5.54 Å². The minimum absolute atomic E-state index is 0.123. The molecule has 1 aromatic carbocycles. The normalized spacial score (nSPS) is 19.6. The maximum atomic E-state index is 9.79. The summed E-state index contributed by atoms with van der Waals surface area (Å²) in [5.74, 6) is -0.401. The largest absolute Gasteiger partial charge is 0.508 e. The summed E-state index contributed by atoms with van der Waals surface area (Å²) >= 11 is 0. The number of nitrogens with two attached hydrogens (primary N) is 1. The summed E-state index contributed by atoms with van der Waals surface area (Å²) in [7, 11) is 0. The lowest BCUT2D eigenvalue weighted by atomic mass is 9.76. The molecule has 1 saturated carbocycles. The summed E-state index contributed by atoms with van der Waals surface area (Å²) in [6.45, 7) is 0. The number of phenolic OH excluding ortho intramolecular Hbond substituents is 3. The SMILES string of the molecule is NC1(c2c(O)cc(O)cc2O)CCCCC1. The van der Waals surface area contributed by atoms with Crippen LogP contribution in [0.4, 0.5) is 0 Å². The molecule has 0 atom stereocenters. The van der Waals surface area contributed by atoms with Crippen molar-refractivity contribution in [3.63, 3.8) is 0 Å². The van der Waals surface area contributed by atoms with Crippen LogP contribution in [0.1, 0.15) is 37.7 Å². The highest BCUT2D eigenvalue weighted by Crippen LogP contribution is 2.44. The van der Waals surface area contributed by atoms with Crippen molar-refractivity contribution in [1.82, 2.24) is 0 Å². The molecule has 0 aliphatic heterocycles. The van der Waals surface area contributed by atoms with Gasteiger partial charge in [0.2, 0.25) is 0 Å². The first-order valence-electron chi connectivity index (χ1n) is 5.57. The van der Waals surface area contributed by atoms with Gasteiger partial charge >= 0.3 is 0 Å². The van der Waals surface area contributed by atoms with Gasteiger partial charge in [-0.1, -0.05) is 19.3 Å². The van der Waals surface area contributed by atoms with E-state index in [2.05, 4.69) is 0 Å². The van der Waals surface area contributed by atoms with E-state index in [1.54, 1.807) is 0 Å². The Hall–Kier alpha value is -1.42.